The molecule has 1 aliphatic heterocycles. The predicted molar refractivity (Wildman–Crippen MR) is 88.3 cm³/mol. The number of nitrogens with zero attached hydrogens (tertiary/aromatic N) is 1. The Bertz CT molecular complexity index is 436. The molecule has 120 valence electrons. The third kappa shape index (κ3) is 3.45. The van der Waals surface area contributed by atoms with Crippen molar-refractivity contribution >= 4 is 22.8 Å². The van der Waals surface area contributed by atoms with Gasteiger partial charge in [-0.3, -0.25) is 4.79 Å². The molecule has 2 aliphatic rings. The van der Waals surface area contributed by atoms with Crippen LogP contribution >= 0.6 is 11.8 Å². The lowest BCUT2D eigenvalue weighted by Crippen LogP contribution is -2.34. The van der Waals surface area contributed by atoms with Crippen LogP contribution in [0.25, 0.3) is 0 Å². The molecule has 1 amide bonds. The fraction of sp³-hybridized carbons (Fsp3) is 0.875. The van der Waals surface area contributed by atoms with Crippen molar-refractivity contribution in [2.24, 2.45) is 28.7 Å². The molecule has 5 heteroatoms. The van der Waals surface area contributed by atoms with E-state index in [1.807, 2.05) is 13.8 Å². The molecule has 0 radical (unpaired) electrons. The monoisotopic (exact) mass is 312 g/mol. The molecule has 0 saturated heterocycles. The highest BCUT2D eigenvalue weighted by Crippen LogP contribution is 2.47. The Labute approximate surface area is 132 Å². The molecule has 1 saturated carbocycles. The largest absolute Gasteiger partial charge is 0.393 e. The van der Waals surface area contributed by atoms with Crippen molar-refractivity contribution in [3.63, 3.8) is 0 Å². The summed E-state index contributed by atoms with van der Waals surface area (Å²) in [7, 11) is 0. The fourth-order valence-corrected chi connectivity index (χ4v) is 4.22. The summed E-state index contributed by atoms with van der Waals surface area (Å²) in [6.45, 7) is 11.0. The van der Waals surface area contributed by atoms with E-state index >= 15 is 0 Å². The van der Waals surface area contributed by atoms with Crippen molar-refractivity contribution in [3.05, 3.63) is 0 Å². The van der Waals surface area contributed by atoms with Crippen molar-refractivity contribution in [1.82, 2.24) is 5.32 Å². The Morgan fingerprint density at radius 3 is 2.62 bits per heavy atom. The van der Waals surface area contributed by atoms with Gasteiger partial charge in [0.1, 0.15) is 4.75 Å². The molecule has 0 aromatic rings. The van der Waals surface area contributed by atoms with E-state index in [0.717, 1.165) is 18.1 Å². The van der Waals surface area contributed by atoms with Crippen molar-refractivity contribution in [3.8, 4) is 0 Å². The molecule has 0 aromatic carbocycles. The summed E-state index contributed by atoms with van der Waals surface area (Å²) in [5.74, 6) is 1.87. The predicted octanol–water partition coefficient (Wildman–Crippen LogP) is 2.66. The highest BCUT2D eigenvalue weighted by molar-refractivity contribution is 8.16. The van der Waals surface area contributed by atoms with Crippen LogP contribution in [-0.2, 0) is 4.79 Å². The lowest BCUT2D eigenvalue weighted by molar-refractivity contribution is -0.120. The number of amides is 1. The number of carbonyl (C=O) groups excluding carboxylic acids is 1. The molecule has 2 rings (SSSR count). The standard InChI is InChI=1S/C16H28N2O2S/c1-6-12(10(4)19)13-7-11(13)8-17-15-18-14(20)16(5,21-15)9(2)3/h9-13,19H,6-8H2,1-5H3,(H,17,18,20)/t10-,11+,12-,13?,16?/m1/s1. The molecular formula is C16H28N2O2S. The average molecular weight is 312 g/mol. The van der Waals surface area contributed by atoms with E-state index in [-0.39, 0.29) is 17.9 Å². The first-order valence-electron chi connectivity index (χ1n) is 8.03. The van der Waals surface area contributed by atoms with E-state index in [9.17, 15) is 9.90 Å². The number of nitrogens with one attached hydrogen (secondary N) is 1. The van der Waals surface area contributed by atoms with Crippen LogP contribution in [0.2, 0.25) is 0 Å². The van der Waals surface area contributed by atoms with E-state index in [1.165, 1.54) is 6.42 Å². The van der Waals surface area contributed by atoms with Gasteiger partial charge in [0.05, 0.1) is 6.10 Å². The second-order valence-electron chi connectivity index (χ2n) is 6.94. The summed E-state index contributed by atoms with van der Waals surface area (Å²) >= 11 is 1.56. The van der Waals surface area contributed by atoms with Crippen LogP contribution in [-0.4, -0.2) is 33.6 Å². The van der Waals surface area contributed by atoms with Gasteiger partial charge in [0.2, 0.25) is 0 Å². The van der Waals surface area contributed by atoms with Crippen LogP contribution in [0.3, 0.4) is 0 Å². The minimum atomic E-state index is -0.420. The molecule has 0 bridgehead atoms. The van der Waals surface area contributed by atoms with Gasteiger partial charge in [0.15, 0.2) is 5.17 Å². The Morgan fingerprint density at radius 2 is 2.14 bits per heavy atom. The normalized spacial score (nSPS) is 34.8. The van der Waals surface area contributed by atoms with Gasteiger partial charge >= 0.3 is 0 Å². The third-order valence-corrected chi connectivity index (χ3v) is 6.67. The summed E-state index contributed by atoms with van der Waals surface area (Å²) in [6, 6.07) is 0. The van der Waals surface area contributed by atoms with Crippen LogP contribution in [0.5, 0.6) is 0 Å². The Kier molecular flexibility index (Phi) is 5.03. The lowest BCUT2D eigenvalue weighted by Gasteiger charge is -2.24. The van der Waals surface area contributed by atoms with Gasteiger partial charge in [-0.2, -0.15) is 4.99 Å². The first-order chi connectivity index (χ1) is 9.79. The van der Waals surface area contributed by atoms with Crippen LogP contribution in [0.4, 0.5) is 0 Å². The van der Waals surface area contributed by atoms with Crippen LogP contribution in [0, 0.1) is 23.7 Å². The summed E-state index contributed by atoms with van der Waals surface area (Å²) in [5.41, 5.74) is 0. The summed E-state index contributed by atoms with van der Waals surface area (Å²) < 4.78 is -0.420. The second-order valence-corrected chi connectivity index (χ2v) is 8.38. The highest BCUT2D eigenvalue weighted by atomic mass is 32.2. The van der Waals surface area contributed by atoms with Gasteiger partial charge in [-0.05, 0) is 43.9 Å². The molecule has 0 aromatic heterocycles. The zero-order chi connectivity index (χ0) is 15.8. The van der Waals surface area contributed by atoms with Gasteiger partial charge in [-0.1, -0.05) is 39.0 Å². The molecule has 0 spiro atoms. The number of amidine groups is 1. The fourth-order valence-electron chi connectivity index (χ4n) is 3.16. The quantitative estimate of drug-likeness (QED) is 0.791. The molecule has 2 N–H and O–H groups in total. The maximum atomic E-state index is 12.0. The SMILES string of the molecule is CC[C@@H](C1C[C@H]1CNC1=NC(=O)C(C)(C(C)C)S1)[C@@H](C)O. The number of hydrogen-bond donors (Lipinski definition) is 2. The zero-order valence-corrected chi connectivity index (χ0v) is 14.5. The van der Waals surface area contributed by atoms with Crippen LogP contribution in [0.1, 0.15) is 47.5 Å². The van der Waals surface area contributed by atoms with Crippen molar-refractivity contribution in [2.45, 2.75) is 58.3 Å². The molecule has 5 atom stereocenters. The molecule has 1 aliphatic carbocycles. The number of aliphatic hydroxyl groups excluding tert-OH is 1. The van der Waals surface area contributed by atoms with E-state index in [4.69, 9.17) is 0 Å². The molecule has 1 fully saturated rings. The maximum absolute atomic E-state index is 12.0. The Balaban J connectivity index is 1.82. The van der Waals surface area contributed by atoms with Gasteiger partial charge < -0.3 is 10.4 Å². The van der Waals surface area contributed by atoms with Crippen LogP contribution in [0.15, 0.2) is 4.99 Å². The van der Waals surface area contributed by atoms with Crippen molar-refractivity contribution in [1.29, 1.82) is 0 Å². The number of carbonyl (C=O) groups is 1. The van der Waals surface area contributed by atoms with Crippen molar-refractivity contribution < 1.29 is 9.90 Å². The summed E-state index contributed by atoms with van der Waals surface area (Å²) in [6.07, 6.45) is 1.97. The molecule has 1 heterocycles. The van der Waals surface area contributed by atoms with E-state index < -0.39 is 4.75 Å². The Hall–Kier alpha value is -0.550. The average Bonchev–Trinajstić information content (AvgIpc) is 3.08. The van der Waals surface area contributed by atoms with Gasteiger partial charge in [0.25, 0.3) is 5.91 Å². The lowest BCUT2D eigenvalue weighted by atomic mass is 9.94. The van der Waals surface area contributed by atoms with Crippen molar-refractivity contribution in [2.75, 3.05) is 6.54 Å². The minimum Gasteiger partial charge on any atom is -0.393 e. The number of rotatable bonds is 6. The number of aliphatic hydroxyl groups is 1. The topological polar surface area (TPSA) is 61.7 Å². The Morgan fingerprint density at radius 1 is 1.48 bits per heavy atom. The zero-order valence-electron chi connectivity index (χ0n) is 13.7. The molecule has 2 unspecified atom stereocenters. The molecule has 21 heavy (non-hydrogen) atoms. The minimum absolute atomic E-state index is 0.0206. The van der Waals surface area contributed by atoms with E-state index in [1.54, 1.807) is 11.8 Å². The van der Waals surface area contributed by atoms with E-state index in [2.05, 4.69) is 31.1 Å². The smallest absolute Gasteiger partial charge is 0.264 e. The maximum Gasteiger partial charge on any atom is 0.264 e. The summed E-state index contributed by atoms with van der Waals surface area (Å²) in [5, 5.41) is 13.9. The van der Waals surface area contributed by atoms with E-state index in [0.29, 0.717) is 17.8 Å². The highest BCUT2D eigenvalue weighted by Gasteiger charge is 2.46. The van der Waals surface area contributed by atoms with Gasteiger partial charge in [-0.25, -0.2) is 0 Å². The number of hydrogen-bond acceptors (Lipinski definition) is 4. The first kappa shape index (κ1) is 16.8. The number of thioether (sulfide) groups is 1. The third-order valence-electron chi connectivity index (χ3n) is 5.17. The molecule has 4 nitrogen and oxygen atoms in total. The van der Waals surface area contributed by atoms with Crippen LogP contribution < -0.4 is 5.32 Å². The number of aliphatic imine (C=N–C) groups is 1. The summed E-state index contributed by atoms with van der Waals surface area (Å²) in [4.78, 5) is 16.2. The van der Waals surface area contributed by atoms with Gasteiger partial charge in [0, 0.05) is 6.54 Å². The van der Waals surface area contributed by atoms with Gasteiger partial charge in [-0.15, -0.1) is 0 Å². The molecular weight excluding hydrogens is 284 g/mol. The first-order valence-corrected chi connectivity index (χ1v) is 8.85. The second kappa shape index (κ2) is 6.29.